The number of fused-ring (bicyclic) bond motifs is 4. The SMILES string of the molecule is C=c1/c(=C(\c2ccccc2-c2ccc(C#N)cc2)N(c2ccc(C#N)cc2)c2cccc3c2oc2ccccc23)oc2ccccc12. The molecule has 2 aromatic heterocycles. The fourth-order valence-electron chi connectivity index (χ4n) is 6.28. The van der Waals surface area contributed by atoms with E-state index in [1.165, 1.54) is 0 Å². The third-order valence-electron chi connectivity index (χ3n) is 8.52. The van der Waals surface area contributed by atoms with Gasteiger partial charge in [-0.1, -0.05) is 91.5 Å². The first-order valence-corrected chi connectivity index (χ1v) is 15.2. The minimum absolute atomic E-state index is 0.553. The Bertz CT molecular complexity index is 2670. The van der Waals surface area contributed by atoms with Gasteiger partial charge in [0.15, 0.2) is 11.0 Å². The summed E-state index contributed by atoms with van der Waals surface area (Å²) in [6.45, 7) is 4.53. The third-order valence-corrected chi connectivity index (χ3v) is 8.52. The van der Waals surface area contributed by atoms with Crippen molar-refractivity contribution >= 4 is 56.6 Å². The van der Waals surface area contributed by atoms with E-state index in [-0.39, 0.29) is 0 Å². The lowest BCUT2D eigenvalue weighted by atomic mass is 9.95. The van der Waals surface area contributed by atoms with Crippen LogP contribution in [-0.4, -0.2) is 0 Å². The van der Waals surface area contributed by atoms with E-state index in [9.17, 15) is 10.5 Å². The fourth-order valence-corrected chi connectivity index (χ4v) is 6.28. The molecule has 8 aromatic rings. The molecule has 0 unspecified atom stereocenters. The minimum Gasteiger partial charge on any atom is -0.454 e. The van der Waals surface area contributed by atoms with Gasteiger partial charge in [-0.05, 0) is 65.7 Å². The van der Waals surface area contributed by atoms with E-state index in [0.29, 0.717) is 22.1 Å². The van der Waals surface area contributed by atoms with Gasteiger partial charge in [0.2, 0.25) is 0 Å². The van der Waals surface area contributed by atoms with Gasteiger partial charge in [0.25, 0.3) is 0 Å². The van der Waals surface area contributed by atoms with Crippen molar-refractivity contribution in [3.8, 4) is 23.3 Å². The Morgan fingerprint density at radius 2 is 1.17 bits per heavy atom. The Labute approximate surface area is 270 Å². The van der Waals surface area contributed by atoms with Gasteiger partial charge in [-0.3, -0.25) is 0 Å². The lowest BCUT2D eigenvalue weighted by Crippen LogP contribution is -2.31. The van der Waals surface area contributed by atoms with Crippen LogP contribution < -0.4 is 15.5 Å². The van der Waals surface area contributed by atoms with Gasteiger partial charge in [0, 0.05) is 32.6 Å². The van der Waals surface area contributed by atoms with Crippen LogP contribution in [-0.2, 0) is 0 Å². The monoisotopic (exact) mass is 603 g/mol. The Morgan fingerprint density at radius 1 is 0.574 bits per heavy atom. The van der Waals surface area contributed by atoms with E-state index < -0.39 is 0 Å². The number of furan rings is 2. The van der Waals surface area contributed by atoms with Gasteiger partial charge < -0.3 is 13.7 Å². The standard InChI is InChI=1S/C42H25N3O2/c1-27-32-9-4-6-15-38(32)46-41(27)40(35-12-3-2-10-33(35)30-21-17-28(25-43)18-22-30)45(31-23-19-29(26-44)20-24-31)37-14-8-13-36-34-11-5-7-16-39(34)47-42(36)37/h2-24H,1H2/b41-40-. The van der Waals surface area contributed by atoms with E-state index in [2.05, 4.69) is 47.9 Å². The summed E-state index contributed by atoms with van der Waals surface area (Å²) >= 11 is 0. The van der Waals surface area contributed by atoms with Gasteiger partial charge in [0.05, 0.1) is 34.6 Å². The molecule has 0 saturated heterocycles. The number of hydrogen-bond acceptors (Lipinski definition) is 5. The highest BCUT2D eigenvalue weighted by molar-refractivity contribution is 6.11. The van der Waals surface area contributed by atoms with Crippen LogP contribution in [0.5, 0.6) is 0 Å². The van der Waals surface area contributed by atoms with Crippen LogP contribution in [0.25, 0.3) is 56.3 Å². The molecule has 0 aliphatic heterocycles. The van der Waals surface area contributed by atoms with Crippen molar-refractivity contribution in [2.75, 3.05) is 4.90 Å². The lowest BCUT2D eigenvalue weighted by molar-refractivity contribution is 0.571. The molecule has 0 fully saturated rings. The molecule has 0 amide bonds. The van der Waals surface area contributed by atoms with Crippen molar-refractivity contribution in [1.82, 2.24) is 0 Å². The van der Waals surface area contributed by atoms with E-state index in [0.717, 1.165) is 66.3 Å². The van der Waals surface area contributed by atoms with Crippen molar-refractivity contribution < 1.29 is 8.83 Å². The second-order valence-electron chi connectivity index (χ2n) is 11.2. The molecule has 0 saturated carbocycles. The Balaban J connectivity index is 1.53. The predicted octanol–water partition coefficient (Wildman–Crippen LogP) is 9.15. The summed E-state index contributed by atoms with van der Waals surface area (Å²) in [5, 5.41) is 22.8. The van der Waals surface area contributed by atoms with E-state index >= 15 is 0 Å². The maximum absolute atomic E-state index is 9.66. The molecule has 0 N–H and O–H groups in total. The molecule has 0 aliphatic carbocycles. The normalized spacial score (nSPS) is 11.8. The quantitative estimate of drug-likeness (QED) is 0.196. The largest absolute Gasteiger partial charge is 0.454 e. The highest BCUT2D eigenvalue weighted by Crippen LogP contribution is 2.43. The summed E-state index contributed by atoms with van der Waals surface area (Å²) < 4.78 is 13.3. The lowest BCUT2D eigenvalue weighted by Gasteiger charge is -2.29. The van der Waals surface area contributed by atoms with Crippen LogP contribution in [0, 0.1) is 22.7 Å². The predicted molar refractivity (Wildman–Crippen MR) is 187 cm³/mol. The Hall–Kier alpha value is -6.82. The molecule has 5 nitrogen and oxygen atoms in total. The van der Waals surface area contributed by atoms with E-state index in [1.54, 1.807) is 0 Å². The van der Waals surface area contributed by atoms with Gasteiger partial charge in [-0.15, -0.1) is 0 Å². The van der Waals surface area contributed by atoms with E-state index in [1.807, 2.05) is 115 Å². The number of benzene rings is 6. The smallest absolute Gasteiger partial charge is 0.159 e. The van der Waals surface area contributed by atoms with Crippen LogP contribution in [0.15, 0.2) is 148 Å². The molecule has 0 aliphatic rings. The maximum atomic E-state index is 9.66. The molecule has 2 heterocycles. The van der Waals surface area contributed by atoms with Crippen LogP contribution in [0.4, 0.5) is 11.4 Å². The van der Waals surface area contributed by atoms with Gasteiger partial charge >= 0.3 is 0 Å². The molecule has 6 aromatic carbocycles. The highest BCUT2D eigenvalue weighted by atomic mass is 16.3. The molecule has 47 heavy (non-hydrogen) atoms. The zero-order valence-corrected chi connectivity index (χ0v) is 25.1. The average Bonchev–Trinajstić information content (AvgIpc) is 3.68. The average molecular weight is 604 g/mol. The summed E-state index contributed by atoms with van der Waals surface area (Å²) in [4.78, 5) is 2.14. The topological polar surface area (TPSA) is 77.1 Å². The maximum Gasteiger partial charge on any atom is 0.159 e. The van der Waals surface area contributed by atoms with Crippen molar-refractivity contribution in [3.63, 3.8) is 0 Å². The van der Waals surface area contributed by atoms with Crippen LogP contribution in [0.2, 0.25) is 0 Å². The number of para-hydroxylation sites is 3. The Kier molecular flexibility index (Phi) is 6.65. The number of hydrogen-bond donors (Lipinski definition) is 0. The van der Waals surface area contributed by atoms with Gasteiger partial charge in [0.1, 0.15) is 11.2 Å². The van der Waals surface area contributed by atoms with E-state index in [4.69, 9.17) is 8.83 Å². The number of nitriles is 2. The molecular weight excluding hydrogens is 578 g/mol. The van der Waals surface area contributed by atoms with Crippen molar-refractivity contribution in [1.29, 1.82) is 10.5 Å². The highest BCUT2D eigenvalue weighted by Gasteiger charge is 2.26. The molecule has 0 atom stereocenters. The number of anilines is 2. The fraction of sp³-hybridized carbons (Fsp3) is 0. The molecule has 5 heteroatoms. The molecule has 0 bridgehead atoms. The summed E-state index contributed by atoms with van der Waals surface area (Å²) in [6, 6.07) is 49.8. The molecule has 220 valence electrons. The zero-order valence-electron chi connectivity index (χ0n) is 25.1. The first-order chi connectivity index (χ1) is 23.1. The second kappa shape index (κ2) is 11.3. The summed E-state index contributed by atoms with van der Waals surface area (Å²) in [6.07, 6.45) is 0. The van der Waals surface area contributed by atoms with Crippen molar-refractivity contribution in [2.24, 2.45) is 0 Å². The van der Waals surface area contributed by atoms with Crippen LogP contribution in [0.1, 0.15) is 16.7 Å². The third kappa shape index (κ3) is 4.63. The van der Waals surface area contributed by atoms with Gasteiger partial charge in [-0.25, -0.2) is 0 Å². The minimum atomic E-state index is 0.553. The van der Waals surface area contributed by atoms with Crippen LogP contribution >= 0.6 is 0 Å². The first-order valence-electron chi connectivity index (χ1n) is 15.2. The van der Waals surface area contributed by atoms with Crippen LogP contribution in [0.3, 0.4) is 0 Å². The molecular formula is C42H25N3O2. The molecule has 0 radical (unpaired) electrons. The second-order valence-corrected chi connectivity index (χ2v) is 11.2. The first kappa shape index (κ1) is 27.7. The molecule has 8 rings (SSSR count). The summed E-state index contributed by atoms with van der Waals surface area (Å²) in [5.74, 6) is 0. The zero-order chi connectivity index (χ0) is 31.9. The van der Waals surface area contributed by atoms with Crippen molar-refractivity contribution in [3.05, 3.63) is 167 Å². The van der Waals surface area contributed by atoms with Crippen molar-refractivity contribution in [2.45, 2.75) is 0 Å². The summed E-state index contributed by atoms with van der Waals surface area (Å²) in [5.41, 5.74) is 9.11. The molecule has 0 spiro atoms. The Morgan fingerprint density at radius 3 is 1.87 bits per heavy atom. The number of rotatable bonds is 5. The summed E-state index contributed by atoms with van der Waals surface area (Å²) in [7, 11) is 0. The van der Waals surface area contributed by atoms with Gasteiger partial charge in [-0.2, -0.15) is 10.5 Å². The number of nitrogens with zero attached hydrogens (tertiary/aromatic N) is 3.